The number of rotatable bonds is 5. The van der Waals surface area contributed by atoms with Crippen LogP contribution in [0.5, 0.6) is 0 Å². The lowest BCUT2D eigenvalue weighted by Gasteiger charge is -2.17. The van der Waals surface area contributed by atoms with Crippen LogP contribution in [-0.2, 0) is 11.2 Å². The molecule has 1 N–H and O–H groups in total. The fourth-order valence-corrected chi connectivity index (χ4v) is 3.12. The standard InChI is InChI=1S/C21H21ClN2O2/c1-4-14-8-6-7-9-18(14)24-20-15-10-11-17(22)13(3)19(15)23-12-16(20)21(25)26-5-2/h6-12H,4-5H2,1-3H3,(H,23,24). The van der Waals surface area contributed by atoms with Crippen molar-refractivity contribution in [1.82, 2.24) is 4.98 Å². The van der Waals surface area contributed by atoms with Crippen molar-refractivity contribution in [1.29, 1.82) is 0 Å². The maximum atomic E-state index is 12.5. The number of hydrogen-bond acceptors (Lipinski definition) is 4. The van der Waals surface area contributed by atoms with Crippen LogP contribution in [0, 0.1) is 6.92 Å². The molecule has 0 atom stereocenters. The van der Waals surface area contributed by atoms with Gasteiger partial charge in [0.2, 0.25) is 0 Å². The second-order valence-electron chi connectivity index (χ2n) is 5.97. The Labute approximate surface area is 158 Å². The first kappa shape index (κ1) is 18.2. The summed E-state index contributed by atoms with van der Waals surface area (Å²) in [5.41, 5.74) is 4.87. The topological polar surface area (TPSA) is 51.2 Å². The number of carbonyl (C=O) groups is 1. The predicted molar refractivity (Wildman–Crippen MR) is 107 cm³/mol. The minimum absolute atomic E-state index is 0.307. The summed E-state index contributed by atoms with van der Waals surface area (Å²) in [6.07, 6.45) is 2.44. The summed E-state index contributed by atoms with van der Waals surface area (Å²) in [7, 11) is 0. The van der Waals surface area contributed by atoms with Gasteiger partial charge in [0.1, 0.15) is 5.56 Å². The quantitative estimate of drug-likeness (QED) is 0.588. The van der Waals surface area contributed by atoms with Gasteiger partial charge < -0.3 is 10.1 Å². The molecule has 26 heavy (non-hydrogen) atoms. The second kappa shape index (κ2) is 7.75. The van der Waals surface area contributed by atoms with E-state index in [1.165, 1.54) is 0 Å². The third kappa shape index (κ3) is 3.37. The van der Waals surface area contributed by atoms with Gasteiger partial charge in [-0.3, -0.25) is 4.98 Å². The Balaban J connectivity index is 2.23. The molecule has 0 aliphatic carbocycles. The lowest BCUT2D eigenvalue weighted by molar-refractivity contribution is 0.0527. The molecule has 0 aliphatic heterocycles. The number of para-hydroxylation sites is 1. The summed E-state index contributed by atoms with van der Waals surface area (Å²) in [5, 5.41) is 4.92. The van der Waals surface area contributed by atoms with E-state index in [1.807, 2.05) is 37.3 Å². The van der Waals surface area contributed by atoms with E-state index in [4.69, 9.17) is 16.3 Å². The number of anilines is 2. The molecule has 134 valence electrons. The Kier molecular flexibility index (Phi) is 5.43. The summed E-state index contributed by atoms with van der Waals surface area (Å²) in [4.78, 5) is 16.9. The van der Waals surface area contributed by atoms with Crippen molar-refractivity contribution in [3.05, 3.63) is 64.3 Å². The molecule has 2 aromatic carbocycles. The normalized spacial score (nSPS) is 10.8. The van der Waals surface area contributed by atoms with Crippen molar-refractivity contribution in [2.24, 2.45) is 0 Å². The van der Waals surface area contributed by atoms with E-state index in [-0.39, 0.29) is 0 Å². The van der Waals surface area contributed by atoms with Crippen molar-refractivity contribution in [2.45, 2.75) is 27.2 Å². The average Bonchev–Trinajstić information content (AvgIpc) is 2.65. The van der Waals surface area contributed by atoms with Crippen molar-refractivity contribution in [3.63, 3.8) is 0 Å². The highest BCUT2D eigenvalue weighted by molar-refractivity contribution is 6.32. The number of esters is 1. The summed E-state index contributed by atoms with van der Waals surface area (Å²) >= 11 is 6.25. The predicted octanol–water partition coefficient (Wildman–Crippen LogP) is 5.68. The number of pyridine rings is 1. The van der Waals surface area contributed by atoms with Crippen LogP contribution in [0.25, 0.3) is 10.9 Å². The van der Waals surface area contributed by atoms with Crippen LogP contribution in [0.1, 0.15) is 35.3 Å². The van der Waals surface area contributed by atoms with Gasteiger partial charge in [-0.15, -0.1) is 0 Å². The highest BCUT2D eigenvalue weighted by atomic mass is 35.5. The van der Waals surface area contributed by atoms with Gasteiger partial charge >= 0.3 is 5.97 Å². The SMILES string of the molecule is CCOC(=O)c1cnc2c(C)c(Cl)ccc2c1Nc1ccccc1CC. The van der Waals surface area contributed by atoms with Crippen LogP contribution in [0.3, 0.4) is 0 Å². The molecule has 0 saturated heterocycles. The van der Waals surface area contributed by atoms with E-state index >= 15 is 0 Å². The summed E-state index contributed by atoms with van der Waals surface area (Å²) < 4.78 is 5.22. The molecule has 3 rings (SSSR count). The first-order chi connectivity index (χ1) is 12.6. The highest BCUT2D eigenvalue weighted by Gasteiger charge is 2.19. The molecule has 1 aromatic heterocycles. The Morgan fingerprint density at radius 2 is 1.96 bits per heavy atom. The fourth-order valence-electron chi connectivity index (χ4n) is 2.97. The largest absolute Gasteiger partial charge is 0.462 e. The Morgan fingerprint density at radius 1 is 1.19 bits per heavy atom. The van der Waals surface area contributed by atoms with Crippen LogP contribution in [0.15, 0.2) is 42.6 Å². The Morgan fingerprint density at radius 3 is 2.69 bits per heavy atom. The molecule has 0 radical (unpaired) electrons. The monoisotopic (exact) mass is 368 g/mol. The van der Waals surface area contributed by atoms with Crippen LogP contribution >= 0.6 is 11.6 Å². The molecule has 0 aliphatic rings. The zero-order valence-corrected chi connectivity index (χ0v) is 15.9. The molecule has 0 saturated carbocycles. The molecule has 1 heterocycles. The van der Waals surface area contributed by atoms with Gasteiger partial charge in [-0.25, -0.2) is 4.79 Å². The van der Waals surface area contributed by atoms with Gasteiger partial charge in [-0.05, 0) is 49.6 Å². The summed E-state index contributed by atoms with van der Waals surface area (Å²) in [6.45, 7) is 6.12. The van der Waals surface area contributed by atoms with Gasteiger partial charge in [0.05, 0.1) is 17.8 Å². The molecule has 4 nitrogen and oxygen atoms in total. The number of nitrogens with one attached hydrogen (secondary N) is 1. The molecule has 0 bridgehead atoms. The average molecular weight is 369 g/mol. The minimum Gasteiger partial charge on any atom is -0.462 e. The number of ether oxygens (including phenoxy) is 1. The van der Waals surface area contributed by atoms with Crippen molar-refractivity contribution < 1.29 is 9.53 Å². The summed E-state index contributed by atoms with van der Waals surface area (Å²) in [6, 6.07) is 11.8. The third-order valence-electron chi connectivity index (χ3n) is 4.38. The molecule has 0 unspecified atom stereocenters. The number of carbonyl (C=O) groups excluding carboxylic acids is 1. The van der Waals surface area contributed by atoms with Gasteiger partial charge in [0.15, 0.2) is 0 Å². The molecule has 5 heteroatoms. The maximum Gasteiger partial charge on any atom is 0.341 e. The molecule has 0 amide bonds. The van der Waals surface area contributed by atoms with Crippen LogP contribution in [0.4, 0.5) is 11.4 Å². The number of nitrogens with zero attached hydrogens (tertiary/aromatic N) is 1. The number of benzene rings is 2. The fraction of sp³-hybridized carbons (Fsp3) is 0.238. The van der Waals surface area contributed by atoms with Crippen molar-refractivity contribution >= 4 is 39.8 Å². The van der Waals surface area contributed by atoms with E-state index in [0.29, 0.717) is 22.9 Å². The minimum atomic E-state index is -0.397. The number of halogens is 1. The van der Waals surface area contributed by atoms with Crippen LogP contribution in [-0.4, -0.2) is 17.6 Å². The van der Waals surface area contributed by atoms with Gasteiger partial charge in [-0.2, -0.15) is 0 Å². The van der Waals surface area contributed by atoms with Crippen molar-refractivity contribution in [2.75, 3.05) is 11.9 Å². The third-order valence-corrected chi connectivity index (χ3v) is 4.79. The Hall–Kier alpha value is -2.59. The number of aryl methyl sites for hydroxylation is 2. The van der Waals surface area contributed by atoms with Crippen LogP contribution < -0.4 is 5.32 Å². The van der Waals surface area contributed by atoms with E-state index < -0.39 is 5.97 Å². The molecule has 3 aromatic rings. The first-order valence-electron chi connectivity index (χ1n) is 8.66. The van der Waals surface area contributed by atoms with Crippen LogP contribution in [0.2, 0.25) is 5.02 Å². The molecular formula is C21H21ClN2O2. The van der Waals surface area contributed by atoms with Gasteiger partial charge in [-0.1, -0.05) is 36.7 Å². The van der Waals surface area contributed by atoms with E-state index in [9.17, 15) is 4.79 Å². The zero-order chi connectivity index (χ0) is 18.7. The number of fused-ring (bicyclic) bond motifs is 1. The van der Waals surface area contributed by atoms with Gasteiger partial charge in [0.25, 0.3) is 0 Å². The van der Waals surface area contributed by atoms with E-state index in [1.54, 1.807) is 13.1 Å². The lowest BCUT2D eigenvalue weighted by atomic mass is 10.0. The number of hydrogen-bond donors (Lipinski definition) is 1. The highest BCUT2D eigenvalue weighted by Crippen LogP contribution is 2.34. The van der Waals surface area contributed by atoms with E-state index in [0.717, 1.165) is 34.1 Å². The molecular weight excluding hydrogens is 348 g/mol. The summed E-state index contributed by atoms with van der Waals surface area (Å²) in [5.74, 6) is -0.397. The Bertz CT molecular complexity index is 970. The van der Waals surface area contributed by atoms with Gasteiger partial charge in [0, 0.05) is 22.3 Å². The zero-order valence-electron chi connectivity index (χ0n) is 15.1. The smallest absolute Gasteiger partial charge is 0.341 e. The maximum absolute atomic E-state index is 12.5. The molecule has 0 spiro atoms. The first-order valence-corrected chi connectivity index (χ1v) is 9.04. The second-order valence-corrected chi connectivity index (χ2v) is 6.38. The number of aromatic nitrogens is 1. The van der Waals surface area contributed by atoms with Crippen molar-refractivity contribution in [3.8, 4) is 0 Å². The molecule has 0 fully saturated rings. The van der Waals surface area contributed by atoms with E-state index in [2.05, 4.69) is 23.3 Å². The lowest BCUT2D eigenvalue weighted by Crippen LogP contribution is -2.10.